The summed E-state index contributed by atoms with van der Waals surface area (Å²) in [6, 6.07) is 7.76. The van der Waals surface area contributed by atoms with E-state index in [1.807, 2.05) is 31.2 Å². The first-order valence-corrected chi connectivity index (χ1v) is 7.48. The standard InChI is InChI=1S/C16H24N2O3/c1-12(21-15-7-5-14(20-2)6-8-15)11-18-16(19)10-13-4-3-9-17-13/h5-8,12-13,17H,3-4,9-11H2,1-2H3,(H,18,19). The molecule has 1 aromatic rings. The fourth-order valence-corrected chi connectivity index (χ4v) is 2.41. The highest BCUT2D eigenvalue weighted by atomic mass is 16.5. The van der Waals surface area contributed by atoms with E-state index < -0.39 is 0 Å². The van der Waals surface area contributed by atoms with Gasteiger partial charge in [-0.3, -0.25) is 4.79 Å². The topological polar surface area (TPSA) is 59.6 Å². The highest BCUT2D eigenvalue weighted by Crippen LogP contribution is 2.18. The first-order valence-electron chi connectivity index (χ1n) is 7.48. The van der Waals surface area contributed by atoms with Crippen LogP contribution in [0.25, 0.3) is 0 Å². The number of hydrogen-bond donors (Lipinski definition) is 2. The van der Waals surface area contributed by atoms with E-state index in [9.17, 15) is 4.79 Å². The predicted octanol–water partition coefficient (Wildman–Crippen LogP) is 1.72. The van der Waals surface area contributed by atoms with Crippen LogP contribution in [0.15, 0.2) is 24.3 Å². The van der Waals surface area contributed by atoms with Crippen molar-refractivity contribution in [2.45, 2.75) is 38.3 Å². The third-order valence-electron chi connectivity index (χ3n) is 3.58. The van der Waals surface area contributed by atoms with Gasteiger partial charge >= 0.3 is 0 Å². The van der Waals surface area contributed by atoms with Gasteiger partial charge in [-0.1, -0.05) is 0 Å². The van der Waals surface area contributed by atoms with Crippen molar-refractivity contribution in [2.24, 2.45) is 0 Å². The van der Waals surface area contributed by atoms with Crippen LogP contribution >= 0.6 is 0 Å². The molecular weight excluding hydrogens is 268 g/mol. The Morgan fingerprint density at radius 2 is 2.10 bits per heavy atom. The first-order chi connectivity index (χ1) is 10.2. The molecule has 1 heterocycles. The zero-order valence-electron chi connectivity index (χ0n) is 12.7. The van der Waals surface area contributed by atoms with Crippen LogP contribution in [0.4, 0.5) is 0 Å². The maximum absolute atomic E-state index is 11.8. The van der Waals surface area contributed by atoms with E-state index in [4.69, 9.17) is 9.47 Å². The second-order valence-electron chi connectivity index (χ2n) is 5.41. The van der Waals surface area contributed by atoms with Gasteiger partial charge in [0.15, 0.2) is 0 Å². The lowest BCUT2D eigenvalue weighted by Gasteiger charge is -2.16. The number of rotatable bonds is 7. The molecule has 0 radical (unpaired) electrons. The van der Waals surface area contributed by atoms with Crippen LogP contribution in [-0.4, -0.2) is 38.3 Å². The van der Waals surface area contributed by atoms with E-state index in [1.165, 1.54) is 0 Å². The summed E-state index contributed by atoms with van der Waals surface area (Å²) in [5.74, 6) is 1.65. The van der Waals surface area contributed by atoms with E-state index >= 15 is 0 Å². The summed E-state index contributed by atoms with van der Waals surface area (Å²) in [5.41, 5.74) is 0. The Bertz CT molecular complexity index is 441. The summed E-state index contributed by atoms with van der Waals surface area (Å²) in [4.78, 5) is 11.8. The smallest absolute Gasteiger partial charge is 0.221 e. The minimum atomic E-state index is -0.0705. The molecule has 1 aliphatic rings. The molecule has 116 valence electrons. The van der Waals surface area contributed by atoms with Crippen LogP contribution in [0.2, 0.25) is 0 Å². The molecule has 2 N–H and O–H groups in total. The highest BCUT2D eigenvalue weighted by Gasteiger charge is 2.17. The van der Waals surface area contributed by atoms with Crippen molar-refractivity contribution in [3.05, 3.63) is 24.3 Å². The van der Waals surface area contributed by atoms with Gasteiger partial charge in [0.25, 0.3) is 0 Å². The van der Waals surface area contributed by atoms with Crippen molar-refractivity contribution in [3.8, 4) is 11.5 Å². The maximum atomic E-state index is 11.8. The van der Waals surface area contributed by atoms with Crippen molar-refractivity contribution in [1.29, 1.82) is 0 Å². The van der Waals surface area contributed by atoms with Gasteiger partial charge < -0.3 is 20.1 Å². The molecule has 1 aromatic carbocycles. The van der Waals surface area contributed by atoms with Crippen molar-refractivity contribution in [1.82, 2.24) is 10.6 Å². The van der Waals surface area contributed by atoms with Gasteiger partial charge in [-0.15, -0.1) is 0 Å². The summed E-state index contributed by atoms with van der Waals surface area (Å²) in [5, 5.41) is 6.25. The third kappa shape index (κ3) is 5.27. The van der Waals surface area contributed by atoms with Gasteiger partial charge in [0.05, 0.1) is 13.7 Å². The zero-order chi connectivity index (χ0) is 15.1. The normalized spacial score (nSPS) is 19.0. The minimum Gasteiger partial charge on any atom is -0.497 e. The molecule has 1 saturated heterocycles. The number of nitrogens with one attached hydrogen (secondary N) is 2. The van der Waals surface area contributed by atoms with Gasteiger partial charge in [0.2, 0.25) is 5.91 Å². The summed E-state index contributed by atoms with van der Waals surface area (Å²) in [6.45, 7) is 3.48. The lowest BCUT2D eigenvalue weighted by molar-refractivity contribution is -0.121. The first kappa shape index (κ1) is 15.6. The molecule has 2 rings (SSSR count). The van der Waals surface area contributed by atoms with E-state index in [2.05, 4.69) is 10.6 Å². The Morgan fingerprint density at radius 3 is 2.71 bits per heavy atom. The number of methoxy groups -OCH3 is 1. The average molecular weight is 292 g/mol. The van der Waals surface area contributed by atoms with Crippen molar-refractivity contribution in [3.63, 3.8) is 0 Å². The predicted molar refractivity (Wildman–Crippen MR) is 81.7 cm³/mol. The van der Waals surface area contributed by atoms with Crippen molar-refractivity contribution in [2.75, 3.05) is 20.2 Å². The Morgan fingerprint density at radius 1 is 1.38 bits per heavy atom. The van der Waals surface area contributed by atoms with Crippen LogP contribution in [0.1, 0.15) is 26.2 Å². The number of carbonyl (C=O) groups is 1. The molecule has 5 heteroatoms. The molecule has 1 aliphatic heterocycles. The van der Waals surface area contributed by atoms with Crippen LogP contribution in [0.5, 0.6) is 11.5 Å². The second-order valence-corrected chi connectivity index (χ2v) is 5.41. The quantitative estimate of drug-likeness (QED) is 0.803. The van der Waals surface area contributed by atoms with Gasteiger partial charge in [-0.05, 0) is 50.6 Å². The van der Waals surface area contributed by atoms with Crippen LogP contribution in [0.3, 0.4) is 0 Å². The van der Waals surface area contributed by atoms with E-state index in [0.717, 1.165) is 30.9 Å². The van der Waals surface area contributed by atoms with Crippen LogP contribution in [0, 0.1) is 0 Å². The second kappa shape index (κ2) is 7.88. The Hall–Kier alpha value is -1.75. The summed E-state index contributed by atoms with van der Waals surface area (Å²) >= 11 is 0. The van der Waals surface area contributed by atoms with Crippen LogP contribution in [-0.2, 0) is 4.79 Å². The monoisotopic (exact) mass is 292 g/mol. The zero-order valence-corrected chi connectivity index (χ0v) is 12.7. The molecule has 0 saturated carbocycles. The molecule has 0 bridgehead atoms. The summed E-state index contributed by atoms with van der Waals surface area (Å²) in [7, 11) is 1.63. The van der Waals surface area contributed by atoms with Gasteiger partial charge in [-0.25, -0.2) is 0 Å². The number of carbonyl (C=O) groups excluding carboxylic acids is 1. The maximum Gasteiger partial charge on any atom is 0.221 e. The SMILES string of the molecule is COc1ccc(OC(C)CNC(=O)CC2CCCN2)cc1. The minimum absolute atomic E-state index is 0.0705. The molecule has 5 nitrogen and oxygen atoms in total. The van der Waals surface area contributed by atoms with Crippen molar-refractivity contribution >= 4 is 5.91 Å². The number of hydrogen-bond acceptors (Lipinski definition) is 4. The number of benzene rings is 1. The summed E-state index contributed by atoms with van der Waals surface area (Å²) in [6.07, 6.45) is 2.73. The molecule has 0 spiro atoms. The van der Waals surface area contributed by atoms with Gasteiger partial charge in [0, 0.05) is 12.5 Å². The molecular formula is C16H24N2O3. The average Bonchev–Trinajstić information content (AvgIpc) is 2.99. The molecule has 2 atom stereocenters. The molecule has 2 unspecified atom stereocenters. The molecule has 0 aromatic heterocycles. The lowest BCUT2D eigenvalue weighted by atomic mass is 10.1. The van der Waals surface area contributed by atoms with Crippen LogP contribution < -0.4 is 20.1 Å². The van der Waals surface area contributed by atoms with E-state index in [0.29, 0.717) is 19.0 Å². The largest absolute Gasteiger partial charge is 0.497 e. The number of amides is 1. The molecule has 1 amide bonds. The number of ether oxygens (including phenoxy) is 2. The van der Waals surface area contributed by atoms with Crippen molar-refractivity contribution < 1.29 is 14.3 Å². The fraction of sp³-hybridized carbons (Fsp3) is 0.562. The van der Waals surface area contributed by atoms with E-state index in [-0.39, 0.29) is 12.0 Å². The van der Waals surface area contributed by atoms with E-state index in [1.54, 1.807) is 7.11 Å². The molecule has 21 heavy (non-hydrogen) atoms. The Balaban J connectivity index is 1.68. The highest BCUT2D eigenvalue weighted by molar-refractivity contribution is 5.76. The van der Waals surface area contributed by atoms with Gasteiger partial charge in [0.1, 0.15) is 17.6 Å². The fourth-order valence-electron chi connectivity index (χ4n) is 2.41. The van der Waals surface area contributed by atoms with Gasteiger partial charge in [-0.2, -0.15) is 0 Å². The lowest BCUT2D eigenvalue weighted by Crippen LogP contribution is -2.37. The molecule has 1 fully saturated rings. The Labute approximate surface area is 126 Å². The molecule has 0 aliphatic carbocycles. The summed E-state index contributed by atoms with van der Waals surface area (Å²) < 4.78 is 10.8. The Kier molecular flexibility index (Phi) is 5.87. The third-order valence-corrected chi connectivity index (χ3v) is 3.58.